The highest BCUT2D eigenvalue weighted by Crippen LogP contribution is 2.13. The topological polar surface area (TPSA) is 48.2 Å². The summed E-state index contributed by atoms with van der Waals surface area (Å²) < 4.78 is 0. The molecule has 80 valence electrons. The third-order valence-electron chi connectivity index (χ3n) is 1.71. The van der Waals surface area contributed by atoms with E-state index in [0.29, 0.717) is 6.54 Å². The molecule has 0 heterocycles. The van der Waals surface area contributed by atoms with Crippen LogP contribution >= 0.6 is 0 Å². The van der Waals surface area contributed by atoms with Gasteiger partial charge in [0.05, 0.1) is 6.54 Å². The maximum atomic E-state index is 9.28. The Hall–Kier alpha value is -1.84. The Morgan fingerprint density at radius 3 is 2.73 bits per heavy atom. The number of hydrogen-bond acceptors (Lipinski definition) is 4. The smallest absolute Gasteiger partial charge is 0.115 e. The zero-order valence-electron chi connectivity index (χ0n) is 9.01. The first-order chi connectivity index (χ1) is 7.11. The minimum absolute atomic E-state index is 0.244. The largest absolute Gasteiger partial charge is 0.508 e. The van der Waals surface area contributed by atoms with E-state index in [4.69, 9.17) is 0 Å². The molecule has 0 amide bonds. The number of phenols is 1. The van der Waals surface area contributed by atoms with Crippen molar-refractivity contribution < 1.29 is 5.11 Å². The molecule has 4 nitrogen and oxygen atoms in total. The Morgan fingerprint density at radius 2 is 2.20 bits per heavy atom. The van der Waals surface area contributed by atoms with Crippen LogP contribution in [0.5, 0.6) is 5.75 Å². The normalized spacial score (nSPS) is 9.47. The lowest BCUT2D eigenvalue weighted by Crippen LogP contribution is -2.10. The lowest BCUT2D eigenvalue weighted by molar-refractivity contribution is 0.298. The average Bonchev–Trinajstić information content (AvgIpc) is 2.16. The van der Waals surface area contributed by atoms with Crippen LogP contribution in [0.4, 0.5) is 0 Å². The fourth-order valence-electron chi connectivity index (χ4n) is 1.17. The molecule has 0 unspecified atom stereocenters. The van der Waals surface area contributed by atoms with Crippen molar-refractivity contribution in [2.24, 2.45) is 10.2 Å². The number of aromatic hydroxyl groups is 1. The Labute approximate surface area is 89.5 Å². The number of benzene rings is 1. The Morgan fingerprint density at radius 1 is 1.47 bits per heavy atom. The van der Waals surface area contributed by atoms with Crippen molar-refractivity contribution in [2.45, 2.75) is 20.4 Å². The van der Waals surface area contributed by atoms with Crippen LogP contribution in [0.15, 0.2) is 34.5 Å². The van der Waals surface area contributed by atoms with Gasteiger partial charge in [0.25, 0.3) is 0 Å². The molecule has 1 rings (SSSR count). The van der Waals surface area contributed by atoms with Gasteiger partial charge < -0.3 is 5.11 Å². The van der Waals surface area contributed by atoms with Crippen LogP contribution < -0.4 is 0 Å². The van der Waals surface area contributed by atoms with E-state index in [1.807, 2.05) is 19.9 Å². The average molecular weight is 205 g/mol. The monoisotopic (exact) mass is 205 g/mol. The third-order valence-corrected chi connectivity index (χ3v) is 1.71. The van der Waals surface area contributed by atoms with Gasteiger partial charge in [0.15, 0.2) is 0 Å². The number of rotatable bonds is 4. The van der Waals surface area contributed by atoms with Crippen LogP contribution in [0.2, 0.25) is 0 Å². The predicted octanol–water partition coefficient (Wildman–Crippen LogP) is 2.21. The number of hydrazone groups is 2. The van der Waals surface area contributed by atoms with Gasteiger partial charge in [-0.05, 0) is 31.5 Å². The lowest BCUT2D eigenvalue weighted by atomic mass is 10.2. The molecule has 0 aliphatic heterocycles. The van der Waals surface area contributed by atoms with E-state index in [1.54, 1.807) is 18.2 Å². The summed E-state index contributed by atoms with van der Waals surface area (Å²) in [6.07, 6.45) is 0. The second kappa shape index (κ2) is 5.14. The Bertz CT molecular complexity index is 370. The van der Waals surface area contributed by atoms with Gasteiger partial charge in [-0.15, -0.1) is 0 Å². The van der Waals surface area contributed by atoms with E-state index in [9.17, 15) is 5.11 Å². The Balaban J connectivity index is 2.75. The summed E-state index contributed by atoms with van der Waals surface area (Å²) >= 11 is 0. The van der Waals surface area contributed by atoms with Gasteiger partial charge >= 0.3 is 0 Å². The summed E-state index contributed by atoms with van der Waals surface area (Å²) in [6.45, 7) is 7.72. The fourth-order valence-corrected chi connectivity index (χ4v) is 1.17. The molecule has 4 heteroatoms. The summed E-state index contributed by atoms with van der Waals surface area (Å²) in [5.74, 6) is 0.244. The minimum Gasteiger partial charge on any atom is -0.508 e. The summed E-state index contributed by atoms with van der Waals surface area (Å²) in [5.41, 5.74) is 1.84. The van der Waals surface area contributed by atoms with E-state index in [0.717, 1.165) is 11.3 Å². The van der Waals surface area contributed by atoms with Gasteiger partial charge in [0.2, 0.25) is 0 Å². The SMILES string of the molecule is C=NN(Cc1cccc(O)c1)N=C(C)C. The first-order valence-corrected chi connectivity index (χ1v) is 4.65. The van der Waals surface area contributed by atoms with Crippen molar-refractivity contribution in [1.82, 2.24) is 5.12 Å². The van der Waals surface area contributed by atoms with Gasteiger partial charge in [-0.25, -0.2) is 0 Å². The molecule has 0 fully saturated rings. The number of hydrogen-bond donors (Lipinski definition) is 1. The molecule has 1 N–H and O–H groups in total. The zero-order chi connectivity index (χ0) is 11.3. The van der Waals surface area contributed by atoms with E-state index in [-0.39, 0.29) is 5.75 Å². The highest BCUT2D eigenvalue weighted by atomic mass is 16.3. The highest BCUT2D eigenvalue weighted by Gasteiger charge is 2.00. The van der Waals surface area contributed by atoms with Crippen LogP contribution in [0.25, 0.3) is 0 Å². The van der Waals surface area contributed by atoms with Crippen LogP contribution in [0, 0.1) is 0 Å². The zero-order valence-corrected chi connectivity index (χ0v) is 9.01. The summed E-state index contributed by atoms with van der Waals surface area (Å²) in [6, 6.07) is 7.00. The van der Waals surface area contributed by atoms with Gasteiger partial charge in [-0.2, -0.15) is 15.3 Å². The van der Waals surface area contributed by atoms with E-state index in [2.05, 4.69) is 16.9 Å². The second-order valence-corrected chi connectivity index (χ2v) is 3.39. The maximum absolute atomic E-state index is 9.28. The maximum Gasteiger partial charge on any atom is 0.115 e. The molecule has 1 aromatic rings. The van der Waals surface area contributed by atoms with E-state index < -0.39 is 0 Å². The van der Waals surface area contributed by atoms with Crippen molar-refractivity contribution in [3.63, 3.8) is 0 Å². The van der Waals surface area contributed by atoms with Gasteiger partial charge in [-0.1, -0.05) is 12.1 Å². The van der Waals surface area contributed by atoms with Crippen molar-refractivity contribution in [3.05, 3.63) is 29.8 Å². The molecule has 0 spiro atoms. The molecule has 0 radical (unpaired) electrons. The lowest BCUT2D eigenvalue weighted by Gasteiger charge is -2.12. The Kier molecular flexibility index (Phi) is 3.85. The van der Waals surface area contributed by atoms with E-state index in [1.165, 1.54) is 5.12 Å². The molecule has 0 aliphatic carbocycles. The molecular weight excluding hydrogens is 190 g/mol. The number of nitrogens with zero attached hydrogens (tertiary/aromatic N) is 3. The standard InChI is InChI=1S/C11H15N3O/c1-9(2)13-14(12-3)8-10-5-4-6-11(15)7-10/h4-7,15H,3,8H2,1-2H3. The third kappa shape index (κ3) is 3.81. The molecule has 0 bridgehead atoms. The first kappa shape index (κ1) is 11.2. The fraction of sp³-hybridized carbons (Fsp3) is 0.273. The molecule has 0 aromatic heterocycles. The first-order valence-electron chi connectivity index (χ1n) is 4.65. The summed E-state index contributed by atoms with van der Waals surface area (Å²) in [7, 11) is 0. The predicted molar refractivity (Wildman–Crippen MR) is 62.0 cm³/mol. The van der Waals surface area contributed by atoms with Crippen LogP contribution in [0.1, 0.15) is 19.4 Å². The highest BCUT2D eigenvalue weighted by molar-refractivity contribution is 5.78. The van der Waals surface area contributed by atoms with Crippen molar-refractivity contribution in [3.8, 4) is 5.75 Å². The quantitative estimate of drug-likeness (QED) is 0.605. The number of phenolic OH excluding ortho intramolecular Hbond substituents is 1. The van der Waals surface area contributed by atoms with Crippen LogP contribution in [-0.4, -0.2) is 22.7 Å². The van der Waals surface area contributed by atoms with Gasteiger partial charge in [0, 0.05) is 12.4 Å². The van der Waals surface area contributed by atoms with Crippen LogP contribution in [-0.2, 0) is 6.54 Å². The second-order valence-electron chi connectivity index (χ2n) is 3.39. The molecule has 0 aliphatic rings. The molecule has 15 heavy (non-hydrogen) atoms. The molecule has 0 atom stereocenters. The molecule has 1 aromatic carbocycles. The van der Waals surface area contributed by atoms with E-state index >= 15 is 0 Å². The van der Waals surface area contributed by atoms with Crippen LogP contribution in [0.3, 0.4) is 0 Å². The molecular formula is C11H15N3O. The van der Waals surface area contributed by atoms with Gasteiger partial charge in [0.1, 0.15) is 5.75 Å². The van der Waals surface area contributed by atoms with Crippen molar-refractivity contribution in [1.29, 1.82) is 0 Å². The molecule has 0 saturated heterocycles. The molecule has 0 saturated carbocycles. The summed E-state index contributed by atoms with van der Waals surface area (Å²) in [5, 5.41) is 18.7. The van der Waals surface area contributed by atoms with Crippen molar-refractivity contribution >= 4 is 12.4 Å². The summed E-state index contributed by atoms with van der Waals surface area (Å²) in [4.78, 5) is 0. The van der Waals surface area contributed by atoms with Crippen molar-refractivity contribution in [2.75, 3.05) is 0 Å². The minimum atomic E-state index is 0.244. The van der Waals surface area contributed by atoms with Gasteiger partial charge in [-0.3, -0.25) is 0 Å².